The number of carbonyl (C=O) groups is 2. The summed E-state index contributed by atoms with van der Waals surface area (Å²) >= 11 is 0. The fraction of sp³-hybridized carbons (Fsp3) is 0.333. The van der Waals surface area contributed by atoms with Crippen LogP contribution in [-0.2, 0) is 4.79 Å². The molecule has 0 radical (unpaired) electrons. The van der Waals surface area contributed by atoms with Crippen molar-refractivity contribution in [3.05, 3.63) is 59.9 Å². The quantitative estimate of drug-likeness (QED) is 0.562. The van der Waals surface area contributed by atoms with Gasteiger partial charge in [0.25, 0.3) is 5.91 Å². The van der Waals surface area contributed by atoms with Gasteiger partial charge in [-0.15, -0.1) is 0 Å². The zero-order valence-corrected chi connectivity index (χ0v) is 18.6. The Bertz CT molecular complexity index is 1180. The third-order valence-corrected chi connectivity index (χ3v) is 5.72. The number of likely N-dealkylation sites (N-methyl/N-ethyl adjacent to an activating group) is 1. The molecule has 0 spiro atoms. The molecule has 1 aliphatic rings. The largest absolute Gasteiger partial charge is 0.482 e. The minimum absolute atomic E-state index is 0.176. The number of carboxylic acids is 1. The smallest absolute Gasteiger partial charge is 0.341 e. The predicted octanol–water partition coefficient (Wildman–Crippen LogP) is 2.12. The molecule has 0 bridgehead atoms. The van der Waals surface area contributed by atoms with Gasteiger partial charge in [0.05, 0.1) is 17.7 Å². The third kappa shape index (κ3) is 5.04. The van der Waals surface area contributed by atoms with Crippen LogP contribution in [0.3, 0.4) is 0 Å². The van der Waals surface area contributed by atoms with Gasteiger partial charge in [0.2, 0.25) is 0 Å². The van der Waals surface area contributed by atoms with Gasteiger partial charge in [-0.25, -0.2) is 9.78 Å². The molecule has 4 rings (SSSR count). The first-order valence-corrected chi connectivity index (χ1v) is 10.6. The molecule has 1 fully saturated rings. The first-order chi connectivity index (χ1) is 15.7. The summed E-state index contributed by atoms with van der Waals surface area (Å²) in [6.07, 6.45) is 2.26. The molecule has 0 aliphatic carbocycles. The predicted molar refractivity (Wildman–Crippen MR) is 123 cm³/mol. The molecule has 1 atom stereocenters. The Balaban J connectivity index is 1.43. The van der Waals surface area contributed by atoms with E-state index in [2.05, 4.69) is 14.9 Å². The number of aryl methyl sites for hydroxylation is 1. The number of benzene rings is 1. The van der Waals surface area contributed by atoms with E-state index in [1.54, 1.807) is 37.5 Å². The number of fused-ring (bicyclic) bond motifs is 1. The topological polar surface area (TPSA) is 116 Å². The van der Waals surface area contributed by atoms with Gasteiger partial charge >= 0.3 is 5.97 Å². The highest BCUT2D eigenvalue weighted by Crippen LogP contribution is 2.31. The average Bonchev–Trinajstić information content (AvgIpc) is 3.18. The zero-order valence-electron chi connectivity index (χ0n) is 18.6. The van der Waals surface area contributed by atoms with Crippen LogP contribution in [0.25, 0.3) is 11.0 Å². The summed E-state index contributed by atoms with van der Waals surface area (Å²) in [5.74, 6) is -0.937. The number of hydrogen-bond acceptors (Lipinski definition) is 7. The van der Waals surface area contributed by atoms with Crippen molar-refractivity contribution in [1.29, 1.82) is 0 Å². The van der Waals surface area contributed by atoms with Crippen LogP contribution in [0.4, 0.5) is 5.69 Å². The van der Waals surface area contributed by atoms with Gasteiger partial charge in [0.1, 0.15) is 16.9 Å². The molecule has 9 nitrogen and oxygen atoms in total. The molecule has 1 aromatic carbocycles. The number of nitrogens with zero attached hydrogens (tertiary/aromatic N) is 4. The first-order valence-electron chi connectivity index (χ1n) is 10.6. The van der Waals surface area contributed by atoms with Crippen LogP contribution >= 0.6 is 0 Å². The molecule has 0 saturated carbocycles. The molecule has 172 valence electrons. The minimum atomic E-state index is -1.07. The fourth-order valence-corrected chi connectivity index (χ4v) is 4.13. The minimum Gasteiger partial charge on any atom is -0.482 e. The molecule has 3 aromatic rings. The Morgan fingerprint density at radius 3 is 2.67 bits per heavy atom. The second kappa shape index (κ2) is 9.03. The lowest BCUT2D eigenvalue weighted by molar-refractivity contribution is -0.139. The van der Waals surface area contributed by atoms with E-state index in [0.29, 0.717) is 30.8 Å². The van der Waals surface area contributed by atoms with Gasteiger partial charge in [-0.1, -0.05) is 0 Å². The zero-order chi connectivity index (χ0) is 23.6. The summed E-state index contributed by atoms with van der Waals surface area (Å²) in [6, 6.07) is 12.0. The highest BCUT2D eigenvalue weighted by molar-refractivity contribution is 5.94. The molecule has 33 heavy (non-hydrogen) atoms. The lowest BCUT2D eigenvalue weighted by Gasteiger charge is -2.29. The summed E-state index contributed by atoms with van der Waals surface area (Å²) in [4.78, 5) is 36.1. The lowest BCUT2D eigenvalue weighted by Crippen LogP contribution is -2.45. The molecule has 0 unspecified atom stereocenters. The molecule has 1 saturated heterocycles. The molecular weight excluding hydrogens is 424 g/mol. The highest BCUT2D eigenvalue weighted by Gasteiger charge is 2.38. The molecule has 1 aliphatic heterocycles. The van der Waals surface area contributed by atoms with E-state index in [1.807, 2.05) is 25.1 Å². The van der Waals surface area contributed by atoms with Gasteiger partial charge < -0.3 is 24.7 Å². The number of hydrogen-bond donors (Lipinski definition) is 2. The Morgan fingerprint density at radius 2 is 1.94 bits per heavy atom. The van der Waals surface area contributed by atoms with Gasteiger partial charge in [-0.2, -0.15) is 0 Å². The maximum absolute atomic E-state index is 12.9. The normalized spacial score (nSPS) is 17.8. The van der Waals surface area contributed by atoms with E-state index >= 15 is 0 Å². The number of aliphatic carboxylic acids is 1. The second-order valence-corrected chi connectivity index (χ2v) is 8.41. The van der Waals surface area contributed by atoms with E-state index in [4.69, 9.17) is 9.84 Å². The van der Waals surface area contributed by atoms with E-state index in [1.165, 1.54) is 4.90 Å². The molecule has 9 heteroatoms. The molecule has 2 N–H and O–H groups in total. The standard InChI is InChI=1S/C24H26N4O5/c1-16-3-8-19-22(26-16)20(9-11-25-19)28-12-10-24(32,15-28)14-27(2)23(31)17-4-6-18(7-5-17)33-13-21(29)30/h3-9,11,32H,10,12-15H2,1-2H3,(H,29,30)/t24-/m0/s1. The number of carbonyl (C=O) groups excluding carboxylic acids is 1. The van der Waals surface area contributed by atoms with Crippen LogP contribution < -0.4 is 9.64 Å². The number of rotatable bonds is 7. The number of aliphatic hydroxyl groups is 1. The maximum Gasteiger partial charge on any atom is 0.341 e. The number of aromatic nitrogens is 2. The fourth-order valence-electron chi connectivity index (χ4n) is 4.13. The van der Waals surface area contributed by atoms with E-state index in [-0.39, 0.29) is 12.5 Å². The van der Waals surface area contributed by atoms with Crippen LogP contribution in [-0.4, -0.2) is 75.8 Å². The van der Waals surface area contributed by atoms with Crippen LogP contribution in [0, 0.1) is 6.92 Å². The number of anilines is 1. The van der Waals surface area contributed by atoms with E-state index < -0.39 is 18.2 Å². The van der Waals surface area contributed by atoms with Gasteiger partial charge in [0, 0.05) is 37.6 Å². The van der Waals surface area contributed by atoms with Gasteiger partial charge in [-0.05, 0) is 55.8 Å². The van der Waals surface area contributed by atoms with Gasteiger partial charge in [-0.3, -0.25) is 9.78 Å². The van der Waals surface area contributed by atoms with Crippen LogP contribution in [0.2, 0.25) is 0 Å². The Kier molecular flexibility index (Phi) is 6.15. The van der Waals surface area contributed by atoms with Crippen molar-refractivity contribution in [1.82, 2.24) is 14.9 Å². The maximum atomic E-state index is 12.9. The van der Waals surface area contributed by atoms with Crippen molar-refractivity contribution < 1.29 is 24.5 Å². The number of ether oxygens (including phenoxy) is 1. The summed E-state index contributed by atoms with van der Waals surface area (Å²) < 4.78 is 5.10. The summed E-state index contributed by atoms with van der Waals surface area (Å²) in [6.45, 7) is 2.68. The van der Waals surface area contributed by atoms with Crippen molar-refractivity contribution in [3.8, 4) is 5.75 Å². The molecule has 3 heterocycles. The average molecular weight is 450 g/mol. The number of pyridine rings is 2. The SMILES string of the molecule is Cc1ccc2nccc(N3CC[C@](O)(CN(C)C(=O)c4ccc(OCC(=O)O)cc4)C3)c2n1. The summed E-state index contributed by atoms with van der Waals surface area (Å²) in [5, 5.41) is 19.9. The van der Waals surface area contributed by atoms with Crippen LogP contribution in [0.5, 0.6) is 5.75 Å². The highest BCUT2D eigenvalue weighted by atomic mass is 16.5. The van der Waals surface area contributed by atoms with Crippen molar-refractivity contribution in [2.24, 2.45) is 0 Å². The Labute approximate surface area is 191 Å². The third-order valence-electron chi connectivity index (χ3n) is 5.72. The van der Waals surface area contributed by atoms with E-state index in [0.717, 1.165) is 22.4 Å². The van der Waals surface area contributed by atoms with Crippen LogP contribution in [0.15, 0.2) is 48.7 Å². The molecular formula is C24H26N4O5. The van der Waals surface area contributed by atoms with Gasteiger partial charge in [0.15, 0.2) is 6.61 Å². The monoisotopic (exact) mass is 450 g/mol. The van der Waals surface area contributed by atoms with Crippen molar-refractivity contribution in [2.75, 3.05) is 38.2 Å². The Hall–Kier alpha value is -3.72. The van der Waals surface area contributed by atoms with Crippen molar-refractivity contribution >= 4 is 28.6 Å². The van der Waals surface area contributed by atoms with Crippen molar-refractivity contribution in [2.45, 2.75) is 18.9 Å². The van der Waals surface area contributed by atoms with E-state index in [9.17, 15) is 14.7 Å². The first kappa shape index (κ1) is 22.5. The van der Waals surface area contributed by atoms with Crippen LogP contribution in [0.1, 0.15) is 22.5 Å². The number of amides is 1. The number of β-amino-alcohol motifs (C(OH)–C–C–N with tert-alkyl or cyclic N) is 1. The van der Waals surface area contributed by atoms with Crippen molar-refractivity contribution in [3.63, 3.8) is 0 Å². The summed E-state index contributed by atoms with van der Waals surface area (Å²) in [5.41, 5.74) is 2.79. The summed E-state index contributed by atoms with van der Waals surface area (Å²) in [7, 11) is 1.66. The lowest BCUT2D eigenvalue weighted by atomic mass is 10.0. The molecule has 2 aromatic heterocycles. The second-order valence-electron chi connectivity index (χ2n) is 8.41. The number of carboxylic acid groups (broad SMARTS) is 1. The molecule has 1 amide bonds. The Morgan fingerprint density at radius 1 is 1.18 bits per heavy atom.